The first-order valence-corrected chi connectivity index (χ1v) is 8.24. The van der Waals surface area contributed by atoms with Gasteiger partial charge >= 0.3 is 0 Å². The first-order chi connectivity index (χ1) is 12.4. The molecular weight excluding hydrogens is 306 g/mol. The molecule has 0 atom stereocenters. The Morgan fingerprint density at radius 3 is 2.16 bits per heavy atom. The first-order valence-electron chi connectivity index (χ1n) is 8.24. The van der Waals surface area contributed by atoms with E-state index in [1.54, 1.807) is 0 Å². The highest BCUT2D eigenvalue weighted by Gasteiger charge is 2.05. The van der Waals surface area contributed by atoms with E-state index >= 15 is 0 Å². The number of hydrogen-bond donors (Lipinski definition) is 0. The summed E-state index contributed by atoms with van der Waals surface area (Å²) < 4.78 is 5.93. The third-order valence-corrected chi connectivity index (χ3v) is 3.95. The van der Waals surface area contributed by atoms with Gasteiger partial charge in [-0.15, -0.1) is 0 Å². The summed E-state index contributed by atoms with van der Waals surface area (Å²) in [7, 11) is 0. The van der Waals surface area contributed by atoms with E-state index in [1.807, 2.05) is 72.8 Å². The molecule has 0 spiro atoms. The molecule has 0 saturated heterocycles. The van der Waals surface area contributed by atoms with Gasteiger partial charge in [-0.1, -0.05) is 78.9 Å². The van der Waals surface area contributed by atoms with Crippen LogP contribution in [-0.2, 0) is 0 Å². The maximum Gasteiger partial charge on any atom is 0.220 e. The minimum Gasteiger partial charge on any atom is -0.439 e. The van der Waals surface area contributed by atoms with Gasteiger partial charge in [-0.3, -0.25) is 0 Å². The summed E-state index contributed by atoms with van der Waals surface area (Å²) in [5.41, 5.74) is 3.16. The van der Waals surface area contributed by atoms with Crippen LogP contribution in [-0.4, -0.2) is 4.98 Å². The van der Waals surface area contributed by atoms with E-state index in [0.717, 1.165) is 27.8 Å². The van der Waals surface area contributed by atoms with Gasteiger partial charge in [0, 0.05) is 11.5 Å². The van der Waals surface area contributed by atoms with Crippen molar-refractivity contribution in [1.82, 2.24) is 4.98 Å². The third kappa shape index (κ3) is 3.59. The Hall–Kier alpha value is -3.39. The van der Waals surface area contributed by atoms with Crippen molar-refractivity contribution in [3.05, 3.63) is 102 Å². The van der Waals surface area contributed by atoms with Crippen LogP contribution in [0.3, 0.4) is 0 Å². The number of nitrogens with zero attached hydrogens (tertiary/aromatic N) is 1. The van der Waals surface area contributed by atoms with Crippen LogP contribution < -0.4 is 4.74 Å². The molecule has 0 aliphatic carbocycles. The number of aromatic nitrogens is 1. The summed E-state index contributed by atoms with van der Waals surface area (Å²) in [4.78, 5) is 4.63. The van der Waals surface area contributed by atoms with Crippen molar-refractivity contribution in [2.24, 2.45) is 0 Å². The molecule has 0 saturated carbocycles. The molecule has 0 bridgehead atoms. The molecule has 0 aliphatic rings. The lowest BCUT2D eigenvalue weighted by molar-refractivity contribution is 0.465. The predicted octanol–water partition coefficient (Wildman–Crippen LogP) is 6.20. The molecule has 120 valence electrons. The van der Waals surface area contributed by atoms with Gasteiger partial charge in [0.2, 0.25) is 5.88 Å². The molecule has 0 fully saturated rings. The van der Waals surface area contributed by atoms with Gasteiger partial charge in [0.1, 0.15) is 5.75 Å². The molecule has 0 radical (unpaired) electrons. The molecule has 3 aromatic carbocycles. The Balaban J connectivity index is 1.75. The molecule has 2 nitrogen and oxygen atoms in total. The van der Waals surface area contributed by atoms with E-state index in [1.165, 1.54) is 0 Å². The number of ether oxygens (including phenoxy) is 1. The van der Waals surface area contributed by atoms with Gasteiger partial charge in [0.15, 0.2) is 0 Å². The minimum absolute atomic E-state index is 0.595. The molecule has 1 heterocycles. The summed E-state index contributed by atoms with van der Waals surface area (Å²) in [5.74, 6) is 1.38. The van der Waals surface area contributed by atoms with Crippen LogP contribution in [0.15, 0.2) is 91.0 Å². The van der Waals surface area contributed by atoms with Gasteiger partial charge in [-0.05, 0) is 29.3 Å². The fourth-order valence-corrected chi connectivity index (χ4v) is 2.73. The van der Waals surface area contributed by atoms with E-state index in [2.05, 4.69) is 35.3 Å². The Labute approximate surface area is 147 Å². The maximum atomic E-state index is 5.93. The highest BCUT2D eigenvalue weighted by atomic mass is 16.5. The lowest BCUT2D eigenvalue weighted by Gasteiger charge is -2.08. The summed E-state index contributed by atoms with van der Waals surface area (Å²) in [6.45, 7) is 0. The van der Waals surface area contributed by atoms with Crippen molar-refractivity contribution in [3.8, 4) is 11.6 Å². The zero-order valence-corrected chi connectivity index (χ0v) is 13.7. The zero-order chi connectivity index (χ0) is 16.9. The Morgan fingerprint density at radius 2 is 1.36 bits per heavy atom. The number of fused-ring (bicyclic) bond motifs is 1. The van der Waals surface area contributed by atoms with E-state index in [4.69, 9.17) is 4.74 Å². The molecular formula is C23H17NO. The Bertz CT molecular complexity index is 1010. The summed E-state index contributed by atoms with van der Waals surface area (Å²) in [6.07, 6.45) is 4.21. The topological polar surface area (TPSA) is 22.1 Å². The van der Waals surface area contributed by atoms with Gasteiger partial charge in [0.25, 0.3) is 0 Å². The maximum absolute atomic E-state index is 5.93. The lowest BCUT2D eigenvalue weighted by atomic mass is 10.1. The fourth-order valence-electron chi connectivity index (χ4n) is 2.73. The van der Waals surface area contributed by atoms with Gasteiger partial charge in [-0.2, -0.15) is 0 Å². The van der Waals surface area contributed by atoms with Crippen molar-refractivity contribution in [3.63, 3.8) is 0 Å². The van der Waals surface area contributed by atoms with Gasteiger partial charge in [0.05, 0.1) is 5.52 Å². The van der Waals surface area contributed by atoms with Crippen LogP contribution in [0.1, 0.15) is 11.1 Å². The number of para-hydroxylation sites is 2. The average Bonchev–Trinajstić information content (AvgIpc) is 2.68. The fraction of sp³-hybridized carbons (Fsp3) is 0. The minimum atomic E-state index is 0.595. The number of benzene rings is 3. The molecule has 0 N–H and O–H groups in total. The largest absolute Gasteiger partial charge is 0.439 e. The Morgan fingerprint density at radius 1 is 0.680 bits per heavy atom. The van der Waals surface area contributed by atoms with Crippen LogP contribution in [0.2, 0.25) is 0 Å². The lowest BCUT2D eigenvalue weighted by Crippen LogP contribution is -1.91. The number of pyridine rings is 1. The first kappa shape index (κ1) is 15.2. The highest BCUT2D eigenvalue weighted by Crippen LogP contribution is 2.27. The SMILES string of the molecule is C(=Cc1cc(Oc2ccccc2)nc2ccccc12)c1ccccc1. The second-order valence-corrected chi connectivity index (χ2v) is 5.73. The second kappa shape index (κ2) is 7.02. The standard InChI is InChI=1S/C23H17NO/c1-3-9-18(10-4-1)15-16-19-17-23(25-20-11-5-2-6-12-20)24-22-14-8-7-13-21(19)22/h1-17H. The molecule has 4 rings (SSSR count). The van der Waals surface area contributed by atoms with Crippen molar-refractivity contribution in [2.75, 3.05) is 0 Å². The molecule has 1 aromatic heterocycles. The van der Waals surface area contributed by atoms with E-state index < -0.39 is 0 Å². The van der Waals surface area contributed by atoms with Crippen LogP contribution >= 0.6 is 0 Å². The van der Waals surface area contributed by atoms with Crippen LogP contribution in [0.5, 0.6) is 11.6 Å². The quantitative estimate of drug-likeness (QED) is 0.446. The predicted molar refractivity (Wildman–Crippen MR) is 104 cm³/mol. The molecule has 2 heteroatoms. The van der Waals surface area contributed by atoms with E-state index in [9.17, 15) is 0 Å². The number of hydrogen-bond acceptors (Lipinski definition) is 2. The summed E-state index contributed by atoms with van der Waals surface area (Å²) in [6, 6.07) is 30.1. The van der Waals surface area contributed by atoms with Crippen molar-refractivity contribution >= 4 is 23.1 Å². The van der Waals surface area contributed by atoms with Gasteiger partial charge < -0.3 is 4.74 Å². The molecule has 25 heavy (non-hydrogen) atoms. The highest BCUT2D eigenvalue weighted by molar-refractivity contribution is 5.91. The monoisotopic (exact) mass is 323 g/mol. The summed E-state index contributed by atoms with van der Waals surface area (Å²) in [5, 5.41) is 1.11. The van der Waals surface area contributed by atoms with Crippen LogP contribution in [0.4, 0.5) is 0 Å². The normalized spacial score (nSPS) is 11.0. The summed E-state index contributed by atoms with van der Waals surface area (Å²) >= 11 is 0. The molecule has 4 aromatic rings. The van der Waals surface area contributed by atoms with Crippen LogP contribution in [0.25, 0.3) is 23.1 Å². The van der Waals surface area contributed by atoms with Gasteiger partial charge in [-0.25, -0.2) is 4.98 Å². The van der Waals surface area contributed by atoms with Crippen molar-refractivity contribution < 1.29 is 4.74 Å². The zero-order valence-electron chi connectivity index (χ0n) is 13.7. The second-order valence-electron chi connectivity index (χ2n) is 5.73. The van der Waals surface area contributed by atoms with E-state index in [-0.39, 0.29) is 0 Å². The molecule has 0 aliphatic heterocycles. The Kier molecular flexibility index (Phi) is 4.25. The van der Waals surface area contributed by atoms with Crippen LogP contribution in [0, 0.1) is 0 Å². The third-order valence-electron chi connectivity index (χ3n) is 3.95. The molecule has 0 amide bonds. The molecule has 0 unspecified atom stereocenters. The number of rotatable bonds is 4. The van der Waals surface area contributed by atoms with E-state index in [0.29, 0.717) is 5.88 Å². The van der Waals surface area contributed by atoms with Crippen molar-refractivity contribution in [2.45, 2.75) is 0 Å². The smallest absolute Gasteiger partial charge is 0.220 e. The van der Waals surface area contributed by atoms with Crippen molar-refractivity contribution in [1.29, 1.82) is 0 Å². The average molecular weight is 323 g/mol.